The molecular weight excluding hydrogens is 343 g/mol. The largest absolute Gasteiger partial charge is 0.389 e. The Hall–Kier alpha value is -1.79. The van der Waals surface area contributed by atoms with E-state index in [-0.39, 0.29) is 10.9 Å². The van der Waals surface area contributed by atoms with Crippen LogP contribution in [-0.4, -0.2) is 10.9 Å². The molecule has 0 saturated heterocycles. The molecule has 0 fully saturated rings. The molecule has 0 saturated carbocycles. The van der Waals surface area contributed by atoms with E-state index in [1.165, 1.54) is 12.1 Å². The van der Waals surface area contributed by atoms with Crippen molar-refractivity contribution in [1.82, 2.24) is 0 Å². The Kier molecular flexibility index (Phi) is 4.46. The predicted octanol–water partition coefficient (Wildman–Crippen LogP) is 3.47. The molecular formula is C14H10BrFN2OS. The maximum Gasteiger partial charge on any atom is 0.255 e. The smallest absolute Gasteiger partial charge is 0.255 e. The molecule has 2 rings (SSSR count). The summed E-state index contributed by atoms with van der Waals surface area (Å²) >= 11 is 7.88. The molecule has 20 heavy (non-hydrogen) atoms. The van der Waals surface area contributed by atoms with E-state index in [0.717, 1.165) is 0 Å². The minimum absolute atomic E-state index is 0.270. The first-order chi connectivity index (χ1) is 9.47. The van der Waals surface area contributed by atoms with Crippen LogP contribution in [0, 0.1) is 5.82 Å². The van der Waals surface area contributed by atoms with Crippen LogP contribution in [0.1, 0.15) is 15.9 Å². The molecule has 0 atom stereocenters. The first-order valence-electron chi connectivity index (χ1n) is 5.63. The number of anilines is 1. The molecule has 2 aromatic rings. The lowest BCUT2D eigenvalue weighted by atomic mass is 10.1. The fourth-order valence-electron chi connectivity index (χ4n) is 1.56. The molecule has 3 N–H and O–H groups in total. The lowest BCUT2D eigenvalue weighted by Gasteiger charge is -2.06. The molecule has 6 heteroatoms. The van der Waals surface area contributed by atoms with E-state index < -0.39 is 5.82 Å². The third-order valence-corrected chi connectivity index (χ3v) is 3.49. The second-order valence-electron chi connectivity index (χ2n) is 4.02. The Balaban J connectivity index is 2.15. The van der Waals surface area contributed by atoms with Crippen LogP contribution in [0.5, 0.6) is 0 Å². The van der Waals surface area contributed by atoms with E-state index in [1.807, 2.05) is 0 Å². The van der Waals surface area contributed by atoms with Gasteiger partial charge >= 0.3 is 0 Å². The van der Waals surface area contributed by atoms with Crippen molar-refractivity contribution in [2.24, 2.45) is 5.73 Å². The average molecular weight is 353 g/mol. The van der Waals surface area contributed by atoms with Crippen LogP contribution in [-0.2, 0) is 0 Å². The number of halogens is 2. The van der Waals surface area contributed by atoms with Gasteiger partial charge in [-0.2, -0.15) is 0 Å². The van der Waals surface area contributed by atoms with Gasteiger partial charge in [-0.1, -0.05) is 24.4 Å². The Bertz CT molecular complexity index is 673. The standard InChI is InChI=1S/C14H10BrFN2OS/c15-11-6-5-10(7-12(11)16)18-14(19)9-3-1-8(2-4-9)13(17)20/h1-7H,(H2,17,20)(H,18,19). The molecule has 0 aliphatic carbocycles. The van der Waals surface area contributed by atoms with Gasteiger partial charge < -0.3 is 11.1 Å². The Morgan fingerprint density at radius 1 is 1.15 bits per heavy atom. The van der Waals surface area contributed by atoms with Gasteiger partial charge in [-0.05, 0) is 46.3 Å². The predicted molar refractivity (Wildman–Crippen MR) is 84.4 cm³/mol. The van der Waals surface area contributed by atoms with Crippen molar-refractivity contribution in [3.8, 4) is 0 Å². The van der Waals surface area contributed by atoms with Crippen LogP contribution in [0.25, 0.3) is 0 Å². The maximum absolute atomic E-state index is 13.3. The Labute approximate surface area is 129 Å². The zero-order valence-electron chi connectivity index (χ0n) is 10.2. The minimum atomic E-state index is -0.438. The van der Waals surface area contributed by atoms with Crippen molar-refractivity contribution in [3.05, 3.63) is 63.9 Å². The fraction of sp³-hybridized carbons (Fsp3) is 0. The quantitative estimate of drug-likeness (QED) is 0.831. The van der Waals surface area contributed by atoms with Gasteiger partial charge in [0.05, 0.1) is 4.47 Å². The van der Waals surface area contributed by atoms with Gasteiger partial charge in [0.1, 0.15) is 10.8 Å². The van der Waals surface area contributed by atoms with Gasteiger partial charge in [0.25, 0.3) is 5.91 Å². The van der Waals surface area contributed by atoms with Gasteiger partial charge in [-0.25, -0.2) is 4.39 Å². The van der Waals surface area contributed by atoms with Gasteiger partial charge in [0.2, 0.25) is 0 Å². The van der Waals surface area contributed by atoms with Crippen molar-refractivity contribution in [3.63, 3.8) is 0 Å². The number of hydrogen-bond donors (Lipinski definition) is 2. The monoisotopic (exact) mass is 352 g/mol. The summed E-state index contributed by atoms with van der Waals surface area (Å²) < 4.78 is 13.7. The van der Waals surface area contributed by atoms with Gasteiger partial charge in [0.15, 0.2) is 0 Å². The third kappa shape index (κ3) is 3.40. The first-order valence-corrected chi connectivity index (χ1v) is 6.84. The summed E-state index contributed by atoms with van der Waals surface area (Å²) in [4.78, 5) is 12.3. The lowest BCUT2D eigenvalue weighted by molar-refractivity contribution is 0.102. The zero-order chi connectivity index (χ0) is 14.7. The van der Waals surface area contributed by atoms with Crippen LogP contribution < -0.4 is 11.1 Å². The number of carbonyl (C=O) groups is 1. The van der Waals surface area contributed by atoms with Crippen LogP contribution in [0.3, 0.4) is 0 Å². The average Bonchev–Trinajstić information content (AvgIpc) is 2.43. The zero-order valence-corrected chi connectivity index (χ0v) is 12.6. The normalized spacial score (nSPS) is 10.1. The van der Waals surface area contributed by atoms with Crippen molar-refractivity contribution >= 4 is 44.7 Å². The van der Waals surface area contributed by atoms with Gasteiger partial charge in [-0.3, -0.25) is 4.79 Å². The van der Waals surface area contributed by atoms with Gasteiger partial charge in [0, 0.05) is 16.8 Å². The first kappa shape index (κ1) is 14.6. The molecule has 0 radical (unpaired) electrons. The fourth-order valence-corrected chi connectivity index (χ4v) is 1.95. The van der Waals surface area contributed by atoms with E-state index in [4.69, 9.17) is 18.0 Å². The number of thiocarbonyl (C=S) groups is 1. The summed E-state index contributed by atoms with van der Waals surface area (Å²) in [6.07, 6.45) is 0. The SMILES string of the molecule is NC(=S)c1ccc(C(=O)Nc2ccc(Br)c(F)c2)cc1. The summed E-state index contributed by atoms with van der Waals surface area (Å²) in [6.45, 7) is 0. The summed E-state index contributed by atoms with van der Waals surface area (Å²) in [7, 11) is 0. The van der Waals surface area contributed by atoms with Crippen LogP contribution in [0.15, 0.2) is 46.9 Å². The maximum atomic E-state index is 13.3. The number of nitrogens with one attached hydrogen (secondary N) is 1. The highest BCUT2D eigenvalue weighted by Gasteiger charge is 2.08. The van der Waals surface area contributed by atoms with Crippen LogP contribution in [0.2, 0.25) is 0 Å². The molecule has 3 nitrogen and oxygen atoms in total. The van der Waals surface area contributed by atoms with E-state index in [1.54, 1.807) is 30.3 Å². The molecule has 0 unspecified atom stereocenters. The third-order valence-electron chi connectivity index (χ3n) is 2.61. The summed E-state index contributed by atoms with van der Waals surface area (Å²) in [5.41, 5.74) is 6.99. The van der Waals surface area contributed by atoms with Crippen LogP contribution in [0.4, 0.5) is 10.1 Å². The lowest BCUT2D eigenvalue weighted by Crippen LogP contribution is -2.13. The summed E-state index contributed by atoms with van der Waals surface area (Å²) in [5.74, 6) is -0.771. The molecule has 0 aromatic heterocycles. The number of carbonyl (C=O) groups excluding carboxylic acids is 1. The molecule has 0 spiro atoms. The highest BCUT2D eigenvalue weighted by molar-refractivity contribution is 9.10. The molecule has 0 heterocycles. The number of amides is 1. The van der Waals surface area contributed by atoms with Crippen molar-refractivity contribution in [1.29, 1.82) is 0 Å². The molecule has 0 bridgehead atoms. The van der Waals surface area contributed by atoms with Crippen molar-refractivity contribution in [2.75, 3.05) is 5.32 Å². The highest BCUT2D eigenvalue weighted by Crippen LogP contribution is 2.19. The highest BCUT2D eigenvalue weighted by atomic mass is 79.9. The molecule has 0 aliphatic heterocycles. The molecule has 0 aliphatic rings. The number of rotatable bonds is 3. The molecule has 2 aromatic carbocycles. The second-order valence-corrected chi connectivity index (χ2v) is 5.32. The van der Waals surface area contributed by atoms with E-state index in [2.05, 4.69) is 21.2 Å². The Morgan fingerprint density at radius 2 is 1.75 bits per heavy atom. The van der Waals surface area contributed by atoms with Crippen LogP contribution >= 0.6 is 28.1 Å². The second kappa shape index (κ2) is 6.11. The summed E-state index contributed by atoms with van der Waals surface area (Å²) in [5, 5.41) is 2.61. The van der Waals surface area contributed by atoms with Crippen molar-refractivity contribution < 1.29 is 9.18 Å². The number of nitrogens with two attached hydrogens (primary N) is 1. The Morgan fingerprint density at radius 3 is 2.30 bits per heavy atom. The minimum Gasteiger partial charge on any atom is -0.389 e. The van der Waals surface area contributed by atoms with E-state index in [9.17, 15) is 9.18 Å². The summed E-state index contributed by atoms with van der Waals surface area (Å²) in [6, 6.07) is 10.9. The number of hydrogen-bond acceptors (Lipinski definition) is 2. The topological polar surface area (TPSA) is 55.1 Å². The molecule has 1 amide bonds. The van der Waals surface area contributed by atoms with E-state index >= 15 is 0 Å². The molecule has 102 valence electrons. The van der Waals surface area contributed by atoms with Gasteiger partial charge in [-0.15, -0.1) is 0 Å². The number of benzene rings is 2. The van der Waals surface area contributed by atoms with E-state index in [0.29, 0.717) is 21.3 Å². The van der Waals surface area contributed by atoms with Crippen molar-refractivity contribution in [2.45, 2.75) is 0 Å².